The molecule has 1 aromatic carbocycles. The fourth-order valence-electron chi connectivity index (χ4n) is 2.27. The lowest BCUT2D eigenvalue weighted by Gasteiger charge is -2.12. The number of rotatable bonds is 6. The molecule has 0 fully saturated rings. The lowest BCUT2D eigenvalue weighted by Crippen LogP contribution is -2.12. The molecule has 1 heterocycles. The van der Waals surface area contributed by atoms with Crippen LogP contribution in [0.15, 0.2) is 8.95 Å². The molecule has 1 atom stereocenters. The second kappa shape index (κ2) is 7.13. The minimum absolute atomic E-state index is 0.0195. The highest BCUT2D eigenvalue weighted by Crippen LogP contribution is 2.33. The van der Waals surface area contributed by atoms with Gasteiger partial charge in [-0.2, -0.15) is 15.0 Å². The highest BCUT2D eigenvalue weighted by Gasteiger charge is 2.21. The summed E-state index contributed by atoms with van der Waals surface area (Å²) in [4.78, 5) is 1.54. The van der Waals surface area contributed by atoms with E-state index in [4.69, 9.17) is 0 Å². The Bertz CT molecular complexity index is 598. The van der Waals surface area contributed by atoms with Crippen molar-refractivity contribution in [3.63, 3.8) is 0 Å². The van der Waals surface area contributed by atoms with Crippen molar-refractivity contribution in [2.75, 3.05) is 0 Å². The van der Waals surface area contributed by atoms with Crippen LogP contribution in [0.5, 0.6) is 0 Å². The number of nitrogens with zero attached hydrogens (tertiary/aromatic N) is 3. The molecule has 2 rings (SSSR count). The fourth-order valence-corrected chi connectivity index (χ4v) is 3.16. The predicted molar refractivity (Wildman–Crippen MR) is 86.2 cm³/mol. The minimum Gasteiger partial charge on any atom is -0.202 e. The van der Waals surface area contributed by atoms with Crippen LogP contribution in [0.3, 0.4) is 0 Å². The third-order valence-electron chi connectivity index (χ3n) is 3.61. The van der Waals surface area contributed by atoms with E-state index in [0.29, 0.717) is 23.5 Å². The van der Waals surface area contributed by atoms with Gasteiger partial charge in [0.05, 0.1) is 15.5 Å². The average Bonchev–Trinajstić information content (AvgIpc) is 2.91. The van der Waals surface area contributed by atoms with Crippen LogP contribution in [0.25, 0.3) is 11.0 Å². The molecule has 7 heteroatoms. The Kier molecular flexibility index (Phi) is 5.71. The zero-order chi connectivity index (χ0) is 15.6. The van der Waals surface area contributed by atoms with Crippen molar-refractivity contribution in [1.29, 1.82) is 0 Å². The topological polar surface area (TPSA) is 30.7 Å². The summed E-state index contributed by atoms with van der Waals surface area (Å²) in [5, 5.41) is 8.59. The van der Waals surface area contributed by atoms with Crippen molar-refractivity contribution < 1.29 is 8.78 Å². The Morgan fingerprint density at radius 2 is 1.57 bits per heavy atom. The number of hydrogen-bond donors (Lipinski definition) is 0. The van der Waals surface area contributed by atoms with Gasteiger partial charge < -0.3 is 0 Å². The van der Waals surface area contributed by atoms with Gasteiger partial charge in [-0.05, 0) is 44.2 Å². The molecule has 0 aliphatic carbocycles. The highest BCUT2D eigenvalue weighted by molar-refractivity contribution is 9.11. The summed E-state index contributed by atoms with van der Waals surface area (Å²) in [7, 11) is 0. The first-order chi connectivity index (χ1) is 9.99. The molecule has 0 saturated heterocycles. The van der Waals surface area contributed by atoms with Crippen LogP contribution in [0.1, 0.15) is 39.5 Å². The average molecular weight is 425 g/mol. The third kappa shape index (κ3) is 3.44. The second-order valence-corrected chi connectivity index (χ2v) is 6.71. The summed E-state index contributed by atoms with van der Waals surface area (Å²) < 4.78 is 27.4. The SMILES string of the molecule is CCCCC(CC)Cn1nc2c(Br)c(F)c(F)c(Br)c2n1. The predicted octanol–water partition coefficient (Wildman–Crippen LogP) is 5.45. The van der Waals surface area contributed by atoms with Crippen molar-refractivity contribution in [3.8, 4) is 0 Å². The van der Waals surface area contributed by atoms with E-state index < -0.39 is 11.6 Å². The van der Waals surface area contributed by atoms with Gasteiger partial charge in [0.25, 0.3) is 0 Å². The number of fused-ring (bicyclic) bond motifs is 1. The van der Waals surface area contributed by atoms with Crippen LogP contribution in [-0.4, -0.2) is 15.0 Å². The normalized spacial score (nSPS) is 13.0. The van der Waals surface area contributed by atoms with Gasteiger partial charge >= 0.3 is 0 Å². The molecule has 21 heavy (non-hydrogen) atoms. The van der Waals surface area contributed by atoms with Crippen LogP contribution in [0.4, 0.5) is 8.78 Å². The maximum Gasteiger partial charge on any atom is 0.176 e. The van der Waals surface area contributed by atoms with E-state index in [0.717, 1.165) is 25.7 Å². The molecule has 116 valence electrons. The van der Waals surface area contributed by atoms with Crippen LogP contribution in [0.2, 0.25) is 0 Å². The Morgan fingerprint density at radius 1 is 1.05 bits per heavy atom. The zero-order valence-corrected chi connectivity index (χ0v) is 15.1. The molecule has 2 aromatic rings. The van der Waals surface area contributed by atoms with Crippen molar-refractivity contribution in [1.82, 2.24) is 15.0 Å². The summed E-state index contributed by atoms with van der Waals surface area (Å²) in [6.07, 6.45) is 4.45. The smallest absolute Gasteiger partial charge is 0.176 e. The Balaban J connectivity index is 2.35. The second-order valence-electron chi connectivity index (χ2n) is 5.12. The van der Waals surface area contributed by atoms with E-state index in [-0.39, 0.29) is 8.95 Å². The molecule has 0 spiro atoms. The molecule has 0 radical (unpaired) electrons. The van der Waals surface area contributed by atoms with Crippen molar-refractivity contribution in [3.05, 3.63) is 20.6 Å². The molecule has 3 nitrogen and oxygen atoms in total. The largest absolute Gasteiger partial charge is 0.202 e. The van der Waals surface area contributed by atoms with Crippen LogP contribution < -0.4 is 0 Å². The molecule has 0 amide bonds. The number of hydrogen-bond acceptors (Lipinski definition) is 2. The van der Waals surface area contributed by atoms with E-state index in [1.807, 2.05) is 0 Å². The van der Waals surface area contributed by atoms with E-state index in [1.165, 1.54) is 0 Å². The lowest BCUT2D eigenvalue weighted by atomic mass is 10.00. The monoisotopic (exact) mass is 423 g/mol. The van der Waals surface area contributed by atoms with Gasteiger partial charge in [0.15, 0.2) is 11.6 Å². The van der Waals surface area contributed by atoms with Crippen LogP contribution in [0, 0.1) is 17.6 Å². The first kappa shape index (κ1) is 16.8. The van der Waals surface area contributed by atoms with Gasteiger partial charge in [-0.3, -0.25) is 0 Å². The van der Waals surface area contributed by atoms with Gasteiger partial charge in [0, 0.05) is 0 Å². The van der Waals surface area contributed by atoms with Crippen molar-refractivity contribution >= 4 is 42.9 Å². The van der Waals surface area contributed by atoms with Gasteiger partial charge in [0.2, 0.25) is 0 Å². The summed E-state index contributed by atoms with van der Waals surface area (Å²) in [6, 6.07) is 0. The standard InChI is InChI=1S/C14H17Br2F2N3/c1-3-5-6-8(4-2)7-21-19-13-9(15)11(17)12(18)10(16)14(13)20-21/h8H,3-7H2,1-2H3. The molecule has 0 aliphatic rings. The van der Waals surface area contributed by atoms with Crippen molar-refractivity contribution in [2.24, 2.45) is 5.92 Å². The minimum atomic E-state index is -0.945. The van der Waals surface area contributed by atoms with E-state index in [2.05, 4.69) is 55.9 Å². The third-order valence-corrected chi connectivity index (χ3v) is 5.06. The Labute approximate surface area is 139 Å². The molecule has 0 saturated carbocycles. The van der Waals surface area contributed by atoms with E-state index in [9.17, 15) is 8.78 Å². The molecular weight excluding hydrogens is 408 g/mol. The fraction of sp³-hybridized carbons (Fsp3) is 0.571. The van der Waals surface area contributed by atoms with Crippen LogP contribution >= 0.6 is 31.9 Å². The summed E-state index contributed by atoms with van der Waals surface area (Å²) in [6.45, 7) is 4.95. The number of aromatic nitrogens is 3. The summed E-state index contributed by atoms with van der Waals surface area (Å²) >= 11 is 6.11. The molecule has 0 N–H and O–H groups in total. The summed E-state index contributed by atoms with van der Waals surface area (Å²) in [5.74, 6) is -1.42. The van der Waals surface area contributed by atoms with E-state index >= 15 is 0 Å². The zero-order valence-electron chi connectivity index (χ0n) is 12.0. The Morgan fingerprint density at radius 3 is 2.00 bits per heavy atom. The maximum absolute atomic E-state index is 13.7. The van der Waals surface area contributed by atoms with Gasteiger partial charge in [-0.1, -0.05) is 33.1 Å². The van der Waals surface area contributed by atoms with Gasteiger partial charge in [0.1, 0.15) is 11.0 Å². The molecule has 1 unspecified atom stereocenters. The quantitative estimate of drug-likeness (QED) is 0.455. The van der Waals surface area contributed by atoms with Gasteiger partial charge in [-0.15, -0.1) is 0 Å². The summed E-state index contributed by atoms with van der Waals surface area (Å²) in [5.41, 5.74) is 0.678. The molecule has 0 aliphatic heterocycles. The van der Waals surface area contributed by atoms with Crippen LogP contribution in [-0.2, 0) is 6.54 Å². The number of benzene rings is 1. The lowest BCUT2D eigenvalue weighted by molar-refractivity contribution is 0.351. The molecule has 1 aromatic heterocycles. The van der Waals surface area contributed by atoms with E-state index in [1.54, 1.807) is 4.80 Å². The number of halogens is 4. The molecule has 0 bridgehead atoms. The van der Waals surface area contributed by atoms with Crippen molar-refractivity contribution in [2.45, 2.75) is 46.1 Å². The Hall–Kier alpha value is -0.560. The first-order valence-corrected chi connectivity index (χ1v) is 8.64. The first-order valence-electron chi connectivity index (χ1n) is 7.06. The van der Waals surface area contributed by atoms with Gasteiger partial charge in [-0.25, -0.2) is 8.78 Å². The number of unbranched alkanes of at least 4 members (excludes halogenated alkanes) is 1. The maximum atomic E-state index is 13.7. The highest BCUT2D eigenvalue weighted by atomic mass is 79.9. The molecular formula is C14H17Br2F2N3.